The first-order chi connectivity index (χ1) is 15.7. The van der Waals surface area contributed by atoms with Gasteiger partial charge >= 0.3 is 12.0 Å². The van der Waals surface area contributed by atoms with Crippen molar-refractivity contribution in [2.24, 2.45) is 4.99 Å². The van der Waals surface area contributed by atoms with Crippen molar-refractivity contribution in [1.29, 1.82) is 0 Å². The van der Waals surface area contributed by atoms with Crippen molar-refractivity contribution >= 4 is 35.3 Å². The molecule has 182 valence electrons. The van der Waals surface area contributed by atoms with E-state index in [2.05, 4.69) is 25.6 Å². The normalized spacial score (nSPS) is 19.5. The first-order valence-corrected chi connectivity index (χ1v) is 10.3. The molecule has 0 fully saturated rings. The highest BCUT2D eigenvalue weighted by molar-refractivity contribution is 6.29. The van der Waals surface area contributed by atoms with Crippen LogP contribution in [0.25, 0.3) is 0 Å². The van der Waals surface area contributed by atoms with Crippen LogP contribution in [-0.2, 0) is 15.0 Å². The molecule has 1 aromatic carbocycles. The first kappa shape index (κ1) is 25.2. The summed E-state index contributed by atoms with van der Waals surface area (Å²) in [4.78, 5) is 35.7. The number of hydrogen-bond acceptors (Lipinski definition) is 7. The Morgan fingerprint density at radius 3 is 2.50 bits per heavy atom. The molecular formula is C21H21ClF3N5O4. The van der Waals surface area contributed by atoms with Crippen molar-refractivity contribution in [1.82, 2.24) is 15.3 Å². The van der Waals surface area contributed by atoms with Crippen molar-refractivity contribution < 1.29 is 32.2 Å². The van der Waals surface area contributed by atoms with Gasteiger partial charge < -0.3 is 14.8 Å². The maximum absolute atomic E-state index is 14.9. The molecule has 3 rings (SSSR count). The van der Waals surface area contributed by atoms with E-state index in [1.807, 2.05) is 0 Å². The molecule has 2 N–H and O–H groups in total. The third kappa shape index (κ3) is 5.56. The number of amidine groups is 1. The standard InChI is InChI=1S/C21H21ClF3N5O4/c1-19(2,3)34-18(32)29-17-30-20(4,21(24,25)10-33-17)12-7-11(5-6-13(12)23)28-16(31)14-8-27-15(22)9-26-14/h5-9H,10H2,1-4H3,(H,28,31)(H,29,30,32)/t20-/m1/s1. The Bertz CT molecular complexity index is 1140. The second kappa shape index (κ2) is 9.09. The van der Waals surface area contributed by atoms with Crippen molar-refractivity contribution in [3.05, 3.63) is 52.8 Å². The third-order valence-corrected chi connectivity index (χ3v) is 4.83. The molecule has 2 aromatic rings. The highest BCUT2D eigenvalue weighted by atomic mass is 35.5. The van der Waals surface area contributed by atoms with E-state index in [1.165, 1.54) is 6.07 Å². The van der Waals surface area contributed by atoms with Crippen LogP contribution >= 0.6 is 11.6 Å². The molecule has 0 aliphatic carbocycles. The van der Waals surface area contributed by atoms with Crippen molar-refractivity contribution in [3.63, 3.8) is 0 Å². The smallest absolute Gasteiger partial charge is 0.415 e. The number of aliphatic imine (C=N–C) groups is 1. The molecule has 0 unspecified atom stereocenters. The maximum Gasteiger partial charge on any atom is 0.415 e. The number of anilines is 1. The van der Waals surface area contributed by atoms with E-state index < -0.39 is 53.1 Å². The Balaban J connectivity index is 1.92. The largest absolute Gasteiger partial charge is 0.458 e. The van der Waals surface area contributed by atoms with Crippen molar-refractivity contribution in [2.75, 3.05) is 11.9 Å². The van der Waals surface area contributed by atoms with E-state index in [1.54, 1.807) is 20.8 Å². The minimum Gasteiger partial charge on any atom is -0.458 e. The quantitative estimate of drug-likeness (QED) is 0.651. The molecule has 1 aromatic heterocycles. The van der Waals surface area contributed by atoms with Crippen molar-refractivity contribution in [2.45, 2.75) is 44.8 Å². The van der Waals surface area contributed by atoms with Gasteiger partial charge in [0.1, 0.15) is 22.3 Å². The second-order valence-electron chi connectivity index (χ2n) is 8.48. The highest BCUT2D eigenvalue weighted by Gasteiger charge is 2.56. The predicted molar refractivity (Wildman–Crippen MR) is 116 cm³/mol. The molecule has 2 heterocycles. The number of ether oxygens (including phenoxy) is 2. The number of rotatable bonds is 3. The molecule has 0 spiro atoms. The molecule has 13 heteroatoms. The van der Waals surface area contributed by atoms with Gasteiger partial charge in [0, 0.05) is 11.3 Å². The van der Waals surface area contributed by atoms with Gasteiger partial charge in [0.15, 0.2) is 12.1 Å². The molecule has 9 nitrogen and oxygen atoms in total. The van der Waals surface area contributed by atoms with Gasteiger partial charge in [0.25, 0.3) is 11.9 Å². The molecule has 1 atom stereocenters. The fourth-order valence-corrected chi connectivity index (χ4v) is 3.03. The molecule has 0 radical (unpaired) electrons. The summed E-state index contributed by atoms with van der Waals surface area (Å²) < 4.78 is 54.6. The molecule has 1 aliphatic heterocycles. The molecular weight excluding hydrogens is 479 g/mol. The van der Waals surface area contributed by atoms with Gasteiger partial charge in [0.2, 0.25) is 0 Å². The van der Waals surface area contributed by atoms with Gasteiger partial charge in [-0.1, -0.05) is 11.6 Å². The number of hydrogen-bond donors (Lipinski definition) is 2. The van der Waals surface area contributed by atoms with Crippen LogP contribution in [0.3, 0.4) is 0 Å². The summed E-state index contributed by atoms with van der Waals surface area (Å²) in [6, 6.07) is 2.55. The average molecular weight is 500 g/mol. The summed E-state index contributed by atoms with van der Waals surface area (Å²) in [7, 11) is 0. The van der Waals surface area contributed by atoms with Crippen molar-refractivity contribution in [3.8, 4) is 0 Å². The predicted octanol–water partition coefficient (Wildman–Crippen LogP) is 4.28. The summed E-state index contributed by atoms with van der Waals surface area (Å²) >= 11 is 5.64. The number of aromatic nitrogens is 2. The lowest BCUT2D eigenvalue weighted by atomic mass is 9.85. The van der Waals surface area contributed by atoms with E-state index >= 15 is 0 Å². The topological polar surface area (TPSA) is 115 Å². The van der Waals surface area contributed by atoms with E-state index in [0.29, 0.717) is 0 Å². The van der Waals surface area contributed by atoms with Crippen LogP contribution in [0.2, 0.25) is 5.15 Å². The van der Waals surface area contributed by atoms with Gasteiger partial charge in [-0.25, -0.2) is 29.5 Å². The summed E-state index contributed by atoms with van der Waals surface area (Å²) in [5.74, 6) is -5.40. The van der Waals surface area contributed by atoms with E-state index in [4.69, 9.17) is 21.1 Å². The molecule has 0 bridgehead atoms. The minimum atomic E-state index is -3.67. The molecule has 1 aliphatic rings. The minimum absolute atomic E-state index is 0.00137. The summed E-state index contributed by atoms with van der Waals surface area (Å²) in [5, 5.41) is 4.65. The van der Waals surface area contributed by atoms with Gasteiger partial charge in [-0.15, -0.1) is 0 Å². The van der Waals surface area contributed by atoms with Gasteiger partial charge in [0.05, 0.1) is 12.4 Å². The number of carbonyl (C=O) groups is 2. The van der Waals surface area contributed by atoms with E-state index in [-0.39, 0.29) is 16.5 Å². The number of halogens is 4. The van der Waals surface area contributed by atoms with Crippen LogP contribution in [0, 0.1) is 5.82 Å². The number of nitrogens with zero attached hydrogens (tertiary/aromatic N) is 3. The lowest BCUT2D eigenvalue weighted by Crippen LogP contribution is -2.53. The molecule has 0 saturated carbocycles. The van der Waals surface area contributed by atoms with E-state index in [0.717, 1.165) is 31.5 Å². The number of alkyl halides is 2. The fourth-order valence-electron chi connectivity index (χ4n) is 2.93. The Morgan fingerprint density at radius 1 is 1.18 bits per heavy atom. The monoisotopic (exact) mass is 499 g/mol. The van der Waals surface area contributed by atoms with Crippen LogP contribution in [0.15, 0.2) is 35.6 Å². The molecule has 0 saturated heterocycles. The third-order valence-electron chi connectivity index (χ3n) is 4.64. The summed E-state index contributed by atoms with van der Waals surface area (Å²) in [5.41, 5.74) is -3.98. The maximum atomic E-state index is 14.9. The Kier molecular flexibility index (Phi) is 6.74. The number of nitrogens with one attached hydrogen (secondary N) is 2. The zero-order valence-electron chi connectivity index (χ0n) is 18.6. The summed E-state index contributed by atoms with van der Waals surface area (Å²) in [6.07, 6.45) is 1.29. The zero-order chi connectivity index (χ0) is 25.3. The van der Waals surface area contributed by atoms with E-state index in [9.17, 15) is 22.8 Å². The fraction of sp³-hybridized carbons (Fsp3) is 0.381. The van der Waals surface area contributed by atoms with Crippen LogP contribution in [0.1, 0.15) is 43.7 Å². The van der Waals surface area contributed by atoms with Crippen LogP contribution in [0.5, 0.6) is 0 Å². The SMILES string of the molecule is CC(C)(C)OC(=O)NC1=N[C@](C)(c2cc(NC(=O)c3cnc(Cl)cn3)ccc2F)C(F)(F)CO1. The summed E-state index contributed by atoms with van der Waals surface area (Å²) in [6.45, 7) is 4.63. The molecule has 2 amide bonds. The number of amides is 2. The Morgan fingerprint density at radius 2 is 1.88 bits per heavy atom. The molecule has 34 heavy (non-hydrogen) atoms. The highest BCUT2D eigenvalue weighted by Crippen LogP contribution is 2.45. The lowest BCUT2D eigenvalue weighted by Gasteiger charge is -2.38. The second-order valence-corrected chi connectivity index (χ2v) is 8.87. The van der Waals surface area contributed by atoms with Crippen LogP contribution < -0.4 is 10.6 Å². The van der Waals surface area contributed by atoms with Gasteiger partial charge in [-0.3, -0.25) is 4.79 Å². The number of carbonyl (C=O) groups excluding carboxylic acids is 2. The average Bonchev–Trinajstić information content (AvgIpc) is 2.71. The van der Waals surface area contributed by atoms with Crippen LogP contribution in [0.4, 0.5) is 23.7 Å². The van der Waals surface area contributed by atoms with Crippen LogP contribution in [-0.4, -0.2) is 46.1 Å². The number of alkyl carbamates (subject to hydrolysis) is 1. The Labute approximate surface area is 197 Å². The van der Waals surface area contributed by atoms with Gasteiger partial charge in [-0.2, -0.15) is 8.78 Å². The number of benzene rings is 1. The first-order valence-electron chi connectivity index (χ1n) is 9.89. The zero-order valence-corrected chi connectivity index (χ0v) is 19.3. The Hall–Kier alpha value is -3.41. The van der Waals surface area contributed by atoms with Gasteiger partial charge in [-0.05, 0) is 45.9 Å². The lowest BCUT2D eigenvalue weighted by molar-refractivity contribution is -0.118.